The topological polar surface area (TPSA) is 46.5 Å². The number of Topliss-reactive ketones (excluding diaryl/α,β-unsaturated/α-hetero) is 1. The van der Waals surface area contributed by atoms with Crippen LogP contribution in [0.25, 0.3) is 0 Å². The lowest BCUT2D eigenvalue weighted by atomic mass is 9.56. The summed E-state index contributed by atoms with van der Waals surface area (Å²) in [4.78, 5) is 12.9. The molecule has 2 aliphatic rings. The highest BCUT2D eigenvalue weighted by Crippen LogP contribution is 2.60. The van der Waals surface area contributed by atoms with Gasteiger partial charge in [0.25, 0.3) is 0 Å². The molecule has 0 aromatic heterocycles. The van der Waals surface area contributed by atoms with Crippen molar-refractivity contribution >= 4 is 14.1 Å². The van der Waals surface area contributed by atoms with Crippen LogP contribution in [0.2, 0.25) is 18.1 Å². The third-order valence-electron chi connectivity index (χ3n) is 9.61. The standard InChI is InChI=1S/C28H54O3Si/c1-21(20-31-32(8,9)26(2,3)4)23-16-17-24-25(29)18-15-22(28(23,24)7)14-12-10-11-13-19-27(5,6)30/h21-24,30H,10-20H2,1-9H3/t21-,22-,23-,24+,28-/m1/s1. The summed E-state index contributed by atoms with van der Waals surface area (Å²) in [6.07, 6.45) is 11.1. The summed E-state index contributed by atoms with van der Waals surface area (Å²) in [5.41, 5.74) is -0.386. The molecule has 0 saturated heterocycles. The number of fused-ring (bicyclic) bond motifs is 1. The lowest BCUT2D eigenvalue weighted by Gasteiger charge is -2.49. The van der Waals surface area contributed by atoms with E-state index in [9.17, 15) is 9.90 Å². The Labute approximate surface area is 200 Å². The first kappa shape index (κ1) is 28.0. The molecule has 32 heavy (non-hydrogen) atoms. The van der Waals surface area contributed by atoms with Crippen LogP contribution in [-0.4, -0.2) is 31.4 Å². The Morgan fingerprint density at radius 1 is 1.06 bits per heavy atom. The van der Waals surface area contributed by atoms with E-state index >= 15 is 0 Å². The molecule has 5 atom stereocenters. The van der Waals surface area contributed by atoms with E-state index in [1.807, 2.05) is 13.8 Å². The van der Waals surface area contributed by atoms with E-state index in [-0.39, 0.29) is 16.4 Å². The molecule has 188 valence electrons. The Balaban J connectivity index is 1.98. The molecule has 0 aromatic carbocycles. The minimum Gasteiger partial charge on any atom is -0.417 e. The van der Waals surface area contributed by atoms with Crippen LogP contribution in [0, 0.1) is 29.1 Å². The van der Waals surface area contributed by atoms with Crippen molar-refractivity contribution in [3.8, 4) is 0 Å². The maximum Gasteiger partial charge on any atom is 0.191 e. The highest BCUT2D eigenvalue weighted by atomic mass is 28.4. The number of carbonyl (C=O) groups is 1. The molecule has 3 nitrogen and oxygen atoms in total. The van der Waals surface area contributed by atoms with Gasteiger partial charge < -0.3 is 9.53 Å². The van der Waals surface area contributed by atoms with E-state index in [0.29, 0.717) is 23.5 Å². The summed E-state index contributed by atoms with van der Waals surface area (Å²) >= 11 is 0. The van der Waals surface area contributed by atoms with Crippen molar-refractivity contribution in [1.82, 2.24) is 0 Å². The number of hydrogen-bond donors (Lipinski definition) is 1. The largest absolute Gasteiger partial charge is 0.417 e. The Hall–Kier alpha value is -0.193. The molecule has 0 unspecified atom stereocenters. The number of ketones is 1. The maximum atomic E-state index is 12.9. The first-order valence-corrected chi connectivity index (χ1v) is 16.4. The molecule has 2 fully saturated rings. The Kier molecular flexibility index (Phi) is 9.29. The quantitative estimate of drug-likeness (QED) is 0.250. The molecule has 0 aromatic rings. The number of rotatable bonds is 11. The van der Waals surface area contributed by atoms with Crippen LogP contribution in [0.1, 0.15) is 113 Å². The van der Waals surface area contributed by atoms with Gasteiger partial charge in [-0.1, -0.05) is 60.3 Å². The highest BCUT2D eigenvalue weighted by molar-refractivity contribution is 6.74. The van der Waals surface area contributed by atoms with Crippen LogP contribution >= 0.6 is 0 Å². The number of unbranched alkanes of at least 4 members (excludes halogenated alkanes) is 3. The molecule has 0 bridgehead atoms. The zero-order chi connectivity index (χ0) is 24.4. The molecule has 0 heterocycles. The van der Waals surface area contributed by atoms with Crippen LogP contribution < -0.4 is 0 Å². The second-order valence-electron chi connectivity index (χ2n) is 13.6. The summed E-state index contributed by atoms with van der Waals surface area (Å²) in [7, 11) is -1.75. The minimum atomic E-state index is -1.75. The van der Waals surface area contributed by atoms with Crippen LogP contribution in [0.3, 0.4) is 0 Å². The van der Waals surface area contributed by atoms with Crippen LogP contribution in [0.4, 0.5) is 0 Å². The molecular weight excluding hydrogens is 412 g/mol. The lowest BCUT2D eigenvalue weighted by molar-refractivity contribution is -0.134. The Morgan fingerprint density at radius 3 is 2.28 bits per heavy atom. The van der Waals surface area contributed by atoms with E-state index in [1.54, 1.807) is 0 Å². The average Bonchev–Trinajstić information content (AvgIpc) is 3.01. The highest BCUT2D eigenvalue weighted by Gasteiger charge is 2.56. The molecule has 0 radical (unpaired) electrons. The van der Waals surface area contributed by atoms with Gasteiger partial charge in [-0.15, -0.1) is 0 Å². The predicted molar refractivity (Wildman–Crippen MR) is 138 cm³/mol. The fraction of sp³-hybridized carbons (Fsp3) is 0.964. The maximum absolute atomic E-state index is 12.9. The zero-order valence-electron chi connectivity index (χ0n) is 22.9. The van der Waals surface area contributed by atoms with Crippen LogP contribution in [-0.2, 0) is 9.22 Å². The van der Waals surface area contributed by atoms with Crippen molar-refractivity contribution in [2.75, 3.05) is 6.61 Å². The average molecular weight is 467 g/mol. The molecule has 4 heteroatoms. The van der Waals surface area contributed by atoms with E-state index in [2.05, 4.69) is 47.7 Å². The number of carbonyl (C=O) groups excluding carboxylic acids is 1. The molecular formula is C28H54O3Si. The fourth-order valence-electron chi connectivity index (χ4n) is 6.45. The third kappa shape index (κ3) is 6.69. The van der Waals surface area contributed by atoms with Gasteiger partial charge in [0.05, 0.1) is 5.60 Å². The summed E-state index contributed by atoms with van der Waals surface area (Å²) < 4.78 is 6.64. The third-order valence-corrected chi connectivity index (χ3v) is 14.1. The van der Waals surface area contributed by atoms with Gasteiger partial charge in [-0.05, 0) is 87.3 Å². The van der Waals surface area contributed by atoms with E-state index < -0.39 is 13.9 Å². The summed E-state index contributed by atoms with van der Waals surface area (Å²) in [6, 6.07) is 0. The van der Waals surface area contributed by atoms with Crippen LogP contribution in [0.5, 0.6) is 0 Å². The van der Waals surface area contributed by atoms with E-state index in [0.717, 1.165) is 38.7 Å². The summed E-state index contributed by atoms with van der Waals surface area (Å²) in [5.74, 6) is 2.59. The first-order valence-electron chi connectivity index (χ1n) is 13.5. The first-order chi connectivity index (χ1) is 14.6. The molecule has 2 aliphatic carbocycles. The van der Waals surface area contributed by atoms with Crippen molar-refractivity contribution in [1.29, 1.82) is 0 Å². The molecule has 1 N–H and O–H groups in total. The van der Waals surface area contributed by atoms with Gasteiger partial charge in [0.15, 0.2) is 8.32 Å². The van der Waals surface area contributed by atoms with Crippen molar-refractivity contribution < 1.29 is 14.3 Å². The van der Waals surface area contributed by atoms with Gasteiger partial charge in [-0.2, -0.15) is 0 Å². The van der Waals surface area contributed by atoms with E-state index in [1.165, 1.54) is 32.1 Å². The fourth-order valence-corrected chi connectivity index (χ4v) is 7.56. The second-order valence-corrected chi connectivity index (χ2v) is 18.4. The molecule has 0 spiro atoms. The molecule has 0 aliphatic heterocycles. The SMILES string of the molecule is C[C@H](CO[Si](C)(C)C(C)(C)C)[C@H]1CC[C@H]2C(=O)CC[C@@H](CCCCCCC(C)(C)O)[C@]12C. The van der Waals surface area contributed by atoms with Gasteiger partial charge in [0.2, 0.25) is 0 Å². The van der Waals surface area contributed by atoms with Crippen molar-refractivity contribution in [2.45, 2.75) is 136 Å². The monoisotopic (exact) mass is 466 g/mol. The van der Waals surface area contributed by atoms with Gasteiger partial charge in [-0.3, -0.25) is 4.79 Å². The Bertz CT molecular complexity index is 615. The predicted octanol–water partition coefficient (Wildman–Crippen LogP) is 7.77. The van der Waals surface area contributed by atoms with Gasteiger partial charge >= 0.3 is 0 Å². The minimum absolute atomic E-state index is 0.151. The smallest absolute Gasteiger partial charge is 0.191 e. The molecule has 0 amide bonds. The molecule has 2 rings (SSSR count). The number of hydrogen-bond acceptors (Lipinski definition) is 3. The van der Waals surface area contributed by atoms with Crippen molar-refractivity contribution in [3.63, 3.8) is 0 Å². The van der Waals surface area contributed by atoms with Crippen molar-refractivity contribution in [3.05, 3.63) is 0 Å². The number of aliphatic hydroxyl groups is 1. The van der Waals surface area contributed by atoms with Crippen molar-refractivity contribution in [2.24, 2.45) is 29.1 Å². The summed E-state index contributed by atoms with van der Waals surface area (Å²) in [6.45, 7) is 21.2. The zero-order valence-corrected chi connectivity index (χ0v) is 23.9. The lowest BCUT2D eigenvalue weighted by Crippen LogP contribution is -2.47. The van der Waals surface area contributed by atoms with E-state index in [4.69, 9.17) is 4.43 Å². The van der Waals surface area contributed by atoms with Gasteiger partial charge in [-0.25, -0.2) is 0 Å². The van der Waals surface area contributed by atoms with Crippen LogP contribution in [0.15, 0.2) is 0 Å². The molecule has 2 saturated carbocycles. The normalized spacial score (nSPS) is 30.4. The Morgan fingerprint density at radius 2 is 1.69 bits per heavy atom. The second kappa shape index (κ2) is 10.6. The summed E-state index contributed by atoms with van der Waals surface area (Å²) in [5, 5.41) is 10.2. The van der Waals surface area contributed by atoms with Gasteiger partial charge in [0.1, 0.15) is 5.78 Å². The van der Waals surface area contributed by atoms with Gasteiger partial charge in [0, 0.05) is 18.9 Å².